The van der Waals surface area contributed by atoms with Gasteiger partial charge in [0.1, 0.15) is 0 Å². The van der Waals surface area contributed by atoms with E-state index in [4.69, 9.17) is 0 Å². The molecular weight excluding hydrogens is 242 g/mol. The van der Waals surface area contributed by atoms with Crippen LogP contribution in [0.15, 0.2) is 0 Å². The number of hydrogen-bond donors (Lipinski definition) is 1. The molecule has 0 radical (unpaired) electrons. The summed E-state index contributed by atoms with van der Waals surface area (Å²) in [4.78, 5) is 0. The van der Waals surface area contributed by atoms with Gasteiger partial charge in [-0.15, -0.1) is 0 Å². The Kier molecular flexibility index (Phi) is 8.50. The zero-order chi connectivity index (χ0) is 12.6. The van der Waals surface area contributed by atoms with E-state index in [-0.39, 0.29) is 11.0 Å². The fraction of sp³-hybridized carbons (Fsp3) is 1.00. The van der Waals surface area contributed by atoms with Gasteiger partial charge in [-0.3, -0.25) is 0 Å². The summed E-state index contributed by atoms with van der Waals surface area (Å²) < 4.78 is 23.1. The summed E-state index contributed by atoms with van der Waals surface area (Å²) in [5, 5.41) is 3.00. The highest BCUT2D eigenvalue weighted by atomic mass is 32.2. The molecule has 16 heavy (non-hydrogen) atoms. The molecule has 0 aliphatic heterocycles. The van der Waals surface area contributed by atoms with E-state index in [1.165, 1.54) is 0 Å². The Labute approximate surface area is 105 Å². The quantitative estimate of drug-likeness (QED) is 0.649. The van der Waals surface area contributed by atoms with E-state index in [0.717, 1.165) is 17.9 Å². The maximum atomic E-state index is 11.5. The standard InChI is InChI=1S/C11H25NO2S2/c1-5-15-8-6-11(4)12-7-9-16(13,14)10(2)3/h10-12H,5-9H2,1-4H3. The molecule has 0 heterocycles. The lowest BCUT2D eigenvalue weighted by atomic mass is 10.3. The maximum Gasteiger partial charge on any atom is 0.153 e. The Morgan fingerprint density at radius 1 is 1.25 bits per heavy atom. The fourth-order valence-electron chi connectivity index (χ4n) is 1.19. The smallest absolute Gasteiger partial charge is 0.153 e. The van der Waals surface area contributed by atoms with Gasteiger partial charge >= 0.3 is 0 Å². The van der Waals surface area contributed by atoms with Crippen LogP contribution >= 0.6 is 11.8 Å². The van der Waals surface area contributed by atoms with Crippen LogP contribution in [-0.4, -0.2) is 43.5 Å². The molecule has 0 aromatic rings. The van der Waals surface area contributed by atoms with Crippen LogP contribution in [0, 0.1) is 0 Å². The first-order chi connectivity index (χ1) is 7.40. The van der Waals surface area contributed by atoms with Crippen molar-refractivity contribution >= 4 is 21.6 Å². The minimum atomic E-state index is -2.89. The van der Waals surface area contributed by atoms with Gasteiger partial charge in [0, 0.05) is 12.6 Å². The van der Waals surface area contributed by atoms with Crippen molar-refractivity contribution in [2.45, 2.75) is 45.4 Å². The minimum Gasteiger partial charge on any atom is -0.313 e. The van der Waals surface area contributed by atoms with E-state index in [0.29, 0.717) is 12.6 Å². The Bertz CT molecular complexity index is 263. The van der Waals surface area contributed by atoms with Crippen molar-refractivity contribution < 1.29 is 8.42 Å². The van der Waals surface area contributed by atoms with Crippen molar-refractivity contribution in [3.8, 4) is 0 Å². The summed E-state index contributed by atoms with van der Waals surface area (Å²) in [7, 11) is -2.89. The molecule has 0 aliphatic carbocycles. The predicted molar refractivity (Wildman–Crippen MR) is 74.0 cm³/mol. The number of sulfone groups is 1. The van der Waals surface area contributed by atoms with Gasteiger partial charge in [0.05, 0.1) is 11.0 Å². The average Bonchev–Trinajstić information content (AvgIpc) is 2.17. The third kappa shape index (κ3) is 7.52. The minimum absolute atomic E-state index is 0.246. The topological polar surface area (TPSA) is 46.2 Å². The molecule has 0 aromatic carbocycles. The molecule has 0 aliphatic rings. The molecule has 0 amide bonds. The van der Waals surface area contributed by atoms with E-state index in [1.54, 1.807) is 13.8 Å². The van der Waals surface area contributed by atoms with E-state index >= 15 is 0 Å². The van der Waals surface area contributed by atoms with Crippen molar-refractivity contribution in [1.29, 1.82) is 0 Å². The van der Waals surface area contributed by atoms with Crippen LogP contribution in [0.2, 0.25) is 0 Å². The molecule has 0 rings (SSSR count). The molecule has 1 unspecified atom stereocenters. The van der Waals surface area contributed by atoms with Crippen LogP contribution in [-0.2, 0) is 9.84 Å². The van der Waals surface area contributed by atoms with Crippen molar-refractivity contribution in [3.05, 3.63) is 0 Å². The molecule has 5 heteroatoms. The SMILES string of the molecule is CCSCCC(C)NCCS(=O)(=O)C(C)C. The van der Waals surface area contributed by atoms with Crippen molar-refractivity contribution in [3.63, 3.8) is 0 Å². The molecule has 1 N–H and O–H groups in total. The van der Waals surface area contributed by atoms with Crippen LogP contribution in [0.4, 0.5) is 0 Å². The van der Waals surface area contributed by atoms with Gasteiger partial charge in [0.2, 0.25) is 0 Å². The number of hydrogen-bond acceptors (Lipinski definition) is 4. The van der Waals surface area contributed by atoms with Crippen molar-refractivity contribution in [2.24, 2.45) is 0 Å². The molecular formula is C11H25NO2S2. The zero-order valence-electron chi connectivity index (χ0n) is 10.8. The van der Waals surface area contributed by atoms with Gasteiger partial charge in [-0.1, -0.05) is 6.92 Å². The van der Waals surface area contributed by atoms with Gasteiger partial charge < -0.3 is 5.32 Å². The van der Waals surface area contributed by atoms with Gasteiger partial charge in [-0.05, 0) is 38.7 Å². The molecule has 0 fully saturated rings. The van der Waals surface area contributed by atoms with Gasteiger partial charge in [0.25, 0.3) is 0 Å². The fourth-order valence-corrected chi connectivity index (χ4v) is 2.87. The molecule has 3 nitrogen and oxygen atoms in total. The highest BCUT2D eigenvalue weighted by Crippen LogP contribution is 2.04. The second kappa shape index (κ2) is 8.37. The first kappa shape index (κ1) is 16.3. The molecule has 0 spiro atoms. The molecule has 1 atom stereocenters. The van der Waals surface area contributed by atoms with E-state index in [2.05, 4.69) is 19.2 Å². The first-order valence-electron chi connectivity index (χ1n) is 5.92. The summed E-state index contributed by atoms with van der Waals surface area (Å²) in [6.07, 6.45) is 1.10. The molecule has 98 valence electrons. The van der Waals surface area contributed by atoms with Crippen LogP contribution in [0.3, 0.4) is 0 Å². The summed E-state index contributed by atoms with van der Waals surface area (Å²) in [5.74, 6) is 2.53. The van der Waals surface area contributed by atoms with E-state index < -0.39 is 9.84 Å². The average molecular weight is 267 g/mol. The van der Waals surface area contributed by atoms with Crippen LogP contribution in [0.1, 0.15) is 34.1 Å². The largest absolute Gasteiger partial charge is 0.313 e. The highest BCUT2D eigenvalue weighted by molar-refractivity contribution is 7.99. The second-order valence-electron chi connectivity index (χ2n) is 4.26. The summed E-state index contributed by atoms with van der Waals surface area (Å²) in [6.45, 7) is 8.29. The zero-order valence-corrected chi connectivity index (χ0v) is 12.5. The van der Waals surface area contributed by atoms with Gasteiger partial charge in [-0.2, -0.15) is 11.8 Å². The second-order valence-corrected chi connectivity index (χ2v) is 8.33. The Morgan fingerprint density at radius 3 is 2.38 bits per heavy atom. The highest BCUT2D eigenvalue weighted by Gasteiger charge is 2.15. The van der Waals surface area contributed by atoms with Crippen molar-refractivity contribution in [1.82, 2.24) is 5.32 Å². The van der Waals surface area contributed by atoms with Crippen LogP contribution in [0.25, 0.3) is 0 Å². The molecule has 0 aromatic heterocycles. The summed E-state index contributed by atoms with van der Waals surface area (Å²) in [6, 6.07) is 0.404. The normalized spacial score (nSPS) is 14.3. The number of thioether (sulfide) groups is 1. The van der Waals surface area contributed by atoms with Crippen LogP contribution < -0.4 is 5.32 Å². The molecule has 0 bridgehead atoms. The van der Waals surface area contributed by atoms with Crippen molar-refractivity contribution in [2.75, 3.05) is 23.8 Å². The maximum absolute atomic E-state index is 11.5. The third-order valence-corrected chi connectivity index (χ3v) is 5.64. The summed E-state index contributed by atoms with van der Waals surface area (Å²) in [5.41, 5.74) is 0. The van der Waals surface area contributed by atoms with Crippen LogP contribution in [0.5, 0.6) is 0 Å². The van der Waals surface area contributed by atoms with E-state index in [9.17, 15) is 8.42 Å². The van der Waals surface area contributed by atoms with Gasteiger partial charge in [0.15, 0.2) is 9.84 Å². The lowest BCUT2D eigenvalue weighted by Crippen LogP contribution is -2.33. The predicted octanol–water partition coefficient (Wildman–Crippen LogP) is 1.93. The Morgan fingerprint density at radius 2 is 1.88 bits per heavy atom. The number of rotatable bonds is 9. The first-order valence-corrected chi connectivity index (χ1v) is 8.79. The number of nitrogens with one attached hydrogen (secondary N) is 1. The lowest BCUT2D eigenvalue weighted by molar-refractivity contribution is 0.545. The van der Waals surface area contributed by atoms with E-state index in [1.807, 2.05) is 11.8 Å². The molecule has 0 saturated heterocycles. The molecule has 0 saturated carbocycles. The van der Waals surface area contributed by atoms with Gasteiger partial charge in [-0.25, -0.2) is 8.42 Å². The third-order valence-electron chi connectivity index (χ3n) is 2.50. The monoisotopic (exact) mass is 267 g/mol. The Balaban J connectivity index is 3.66. The summed E-state index contributed by atoms with van der Waals surface area (Å²) >= 11 is 1.92. The Hall–Kier alpha value is 0.260. The lowest BCUT2D eigenvalue weighted by Gasteiger charge is -2.14.